The molecule has 0 bridgehead atoms. The lowest BCUT2D eigenvalue weighted by molar-refractivity contribution is -0.119. The Balaban J connectivity index is 1.83. The number of nitrogens with one attached hydrogen (secondary N) is 1. The lowest BCUT2D eigenvalue weighted by Crippen LogP contribution is -2.39. The first-order chi connectivity index (χ1) is 15.3. The van der Waals surface area contributed by atoms with Gasteiger partial charge in [-0.15, -0.1) is 0 Å². The number of hydrogen-bond donors (Lipinski definition) is 1. The molecule has 0 unspecified atom stereocenters. The van der Waals surface area contributed by atoms with Gasteiger partial charge < -0.3 is 0 Å². The zero-order valence-electron chi connectivity index (χ0n) is 17.1. The molecule has 3 aromatic carbocycles. The minimum absolute atomic E-state index is 0.0468. The predicted molar refractivity (Wildman–Crippen MR) is 124 cm³/mol. The van der Waals surface area contributed by atoms with Gasteiger partial charge in [-0.25, -0.2) is 13.8 Å². The fourth-order valence-corrected chi connectivity index (χ4v) is 4.37. The number of anilines is 1. The summed E-state index contributed by atoms with van der Waals surface area (Å²) in [7, 11) is -4.03. The van der Waals surface area contributed by atoms with Gasteiger partial charge in [0.2, 0.25) is 0 Å². The van der Waals surface area contributed by atoms with Crippen LogP contribution in [0.3, 0.4) is 0 Å². The average molecular weight is 467 g/mol. The first-order valence-electron chi connectivity index (χ1n) is 9.47. The number of sulfonamides is 1. The number of hydrogen-bond acceptors (Lipinski definition) is 5. The van der Waals surface area contributed by atoms with Crippen LogP contribution in [0.25, 0.3) is 0 Å². The molecule has 0 atom stereocenters. The third kappa shape index (κ3) is 5.52. The van der Waals surface area contributed by atoms with Crippen LogP contribution >= 0.6 is 11.6 Å². The highest BCUT2D eigenvalue weighted by molar-refractivity contribution is 7.92. The van der Waals surface area contributed by atoms with E-state index in [4.69, 9.17) is 16.9 Å². The molecule has 0 saturated heterocycles. The van der Waals surface area contributed by atoms with Gasteiger partial charge in [0, 0.05) is 5.02 Å². The van der Waals surface area contributed by atoms with E-state index >= 15 is 0 Å². The second-order valence-corrected chi connectivity index (χ2v) is 9.05. The van der Waals surface area contributed by atoms with Gasteiger partial charge in [0.1, 0.15) is 6.54 Å². The van der Waals surface area contributed by atoms with E-state index in [0.717, 1.165) is 9.87 Å². The zero-order chi connectivity index (χ0) is 23.1. The van der Waals surface area contributed by atoms with Crippen LogP contribution in [-0.2, 0) is 14.8 Å². The molecule has 0 aliphatic heterocycles. The van der Waals surface area contributed by atoms with Crippen molar-refractivity contribution in [1.29, 1.82) is 5.26 Å². The van der Waals surface area contributed by atoms with Crippen molar-refractivity contribution in [1.82, 2.24) is 5.43 Å². The maximum atomic E-state index is 13.3. The number of carbonyl (C=O) groups excluding carboxylic acids is 1. The fourth-order valence-electron chi connectivity index (χ4n) is 2.76. The highest BCUT2D eigenvalue weighted by atomic mass is 35.5. The summed E-state index contributed by atoms with van der Waals surface area (Å²) in [5, 5.41) is 13.1. The van der Waals surface area contributed by atoms with Crippen LogP contribution in [0.4, 0.5) is 5.69 Å². The minimum Gasteiger partial charge on any atom is -0.271 e. The molecule has 162 valence electrons. The topological polar surface area (TPSA) is 103 Å². The molecule has 0 saturated carbocycles. The third-order valence-corrected chi connectivity index (χ3v) is 6.70. The number of nitrogens with zero attached hydrogens (tertiary/aromatic N) is 3. The molecule has 1 N–H and O–H groups in total. The second-order valence-electron chi connectivity index (χ2n) is 6.79. The van der Waals surface area contributed by atoms with E-state index < -0.39 is 22.5 Å². The van der Waals surface area contributed by atoms with Gasteiger partial charge in [-0.2, -0.15) is 10.4 Å². The van der Waals surface area contributed by atoms with E-state index in [9.17, 15) is 13.2 Å². The Bertz CT molecular complexity index is 1290. The number of amides is 1. The standard InChI is InChI=1S/C23H19ClN4O3S/c1-17-7-12-20(13-22(17)24)28(32(30,31)21-5-3-2-4-6-21)16-23(29)27-26-15-19-10-8-18(14-25)9-11-19/h2-13,15H,16H2,1H3,(H,27,29)/b26-15+. The van der Waals surface area contributed by atoms with E-state index in [2.05, 4.69) is 10.5 Å². The summed E-state index contributed by atoms with van der Waals surface area (Å²) in [4.78, 5) is 12.6. The highest BCUT2D eigenvalue weighted by Gasteiger charge is 2.27. The number of rotatable bonds is 7. The third-order valence-electron chi connectivity index (χ3n) is 4.50. The Morgan fingerprint density at radius 1 is 1.12 bits per heavy atom. The normalized spacial score (nSPS) is 11.2. The van der Waals surface area contributed by atoms with Crippen molar-refractivity contribution in [2.45, 2.75) is 11.8 Å². The maximum absolute atomic E-state index is 13.3. The molecule has 0 aromatic heterocycles. The lowest BCUT2D eigenvalue weighted by atomic mass is 10.2. The first-order valence-corrected chi connectivity index (χ1v) is 11.3. The summed E-state index contributed by atoms with van der Waals surface area (Å²) in [5.74, 6) is -0.633. The minimum atomic E-state index is -4.03. The van der Waals surface area contributed by atoms with Crippen LogP contribution in [0.2, 0.25) is 5.02 Å². The molecular formula is C23H19ClN4O3S. The van der Waals surface area contributed by atoms with E-state index in [1.54, 1.807) is 61.5 Å². The van der Waals surface area contributed by atoms with Crippen LogP contribution in [0.5, 0.6) is 0 Å². The number of nitriles is 1. The molecular weight excluding hydrogens is 448 g/mol. The predicted octanol–water partition coefficient (Wildman–Crippen LogP) is 3.87. The summed E-state index contributed by atoms with van der Waals surface area (Å²) >= 11 is 6.20. The summed E-state index contributed by atoms with van der Waals surface area (Å²) in [6, 6.07) is 21.2. The van der Waals surface area contributed by atoms with Crippen molar-refractivity contribution in [2.24, 2.45) is 5.10 Å². The van der Waals surface area contributed by atoms with Gasteiger partial charge in [-0.1, -0.05) is 48.0 Å². The number of benzene rings is 3. The Kier molecular flexibility index (Phi) is 7.25. The largest absolute Gasteiger partial charge is 0.271 e. The number of carbonyl (C=O) groups is 1. The monoisotopic (exact) mass is 466 g/mol. The van der Waals surface area contributed by atoms with Crippen molar-refractivity contribution in [2.75, 3.05) is 10.8 Å². The zero-order valence-corrected chi connectivity index (χ0v) is 18.6. The Labute approximate surface area is 191 Å². The molecule has 1 amide bonds. The summed E-state index contributed by atoms with van der Waals surface area (Å²) in [5.41, 5.74) is 4.55. The van der Waals surface area contributed by atoms with Crippen LogP contribution in [0.1, 0.15) is 16.7 Å². The van der Waals surface area contributed by atoms with Gasteiger partial charge in [0.05, 0.1) is 28.4 Å². The van der Waals surface area contributed by atoms with Crippen molar-refractivity contribution < 1.29 is 13.2 Å². The molecule has 3 aromatic rings. The van der Waals surface area contributed by atoms with Crippen LogP contribution in [0, 0.1) is 18.3 Å². The van der Waals surface area contributed by atoms with E-state index in [1.807, 2.05) is 6.07 Å². The molecule has 0 aliphatic rings. The first kappa shape index (κ1) is 23.0. The van der Waals surface area contributed by atoms with Crippen LogP contribution in [0.15, 0.2) is 82.8 Å². The summed E-state index contributed by atoms with van der Waals surface area (Å²) < 4.78 is 27.5. The summed E-state index contributed by atoms with van der Waals surface area (Å²) in [6.07, 6.45) is 1.40. The van der Waals surface area contributed by atoms with Gasteiger partial charge in [0.15, 0.2) is 0 Å². The van der Waals surface area contributed by atoms with Crippen molar-refractivity contribution >= 4 is 39.4 Å². The van der Waals surface area contributed by atoms with Crippen molar-refractivity contribution in [3.05, 3.63) is 94.5 Å². The Morgan fingerprint density at radius 2 is 1.81 bits per heavy atom. The molecule has 9 heteroatoms. The average Bonchev–Trinajstić information content (AvgIpc) is 2.80. The quantitative estimate of drug-likeness (QED) is 0.421. The highest BCUT2D eigenvalue weighted by Crippen LogP contribution is 2.27. The number of halogens is 1. The molecule has 7 nitrogen and oxygen atoms in total. The van der Waals surface area contributed by atoms with E-state index in [-0.39, 0.29) is 10.6 Å². The number of aryl methyl sites for hydroxylation is 1. The van der Waals surface area contributed by atoms with Gasteiger partial charge >= 0.3 is 0 Å². The lowest BCUT2D eigenvalue weighted by Gasteiger charge is -2.24. The fraction of sp³-hybridized carbons (Fsp3) is 0.0870. The Morgan fingerprint density at radius 3 is 2.44 bits per heavy atom. The maximum Gasteiger partial charge on any atom is 0.264 e. The molecule has 32 heavy (non-hydrogen) atoms. The van der Waals surface area contributed by atoms with E-state index in [0.29, 0.717) is 16.1 Å². The number of hydrazone groups is 1. The summed E-state index contributed by atoms with van der Waals surface area (Å²) in [6.45, 7) is 1.30. The van der Waals surface area contributed by atoms with Gasteiger partial charge in [-0.05, 0) is 54.4 Å². The van der Waals surface area contributed by atoms with Gasteiger partial charge in [0.25, 0.3) is 15.9 Å². The molecule has 0 heterocycles. The molecule has 0 radical (unpaired) electrons. The van der Waals surface area contributed by atoms with Crippen molar-refractivity contribution in [3.63, 3.8) is 0 Å². The smallest absolute Gasteiger partial charge is 0.264 e. The molecule has 3 rings (SSSR count). The van der Waals surface area contributed by atoms with Crippen LogP contribution < -0.4 is 9.73 Å². The second kappa shape index (κ2) is 10.1. The Hall–Kier alpha value is -3.67. The van der Waals surface area contributed by atoms with Crippen LogP contribution in [-0.4, -0.2) is 27.1 Å². The SMILES string of the molecule is Cc1ccc(N(CC(=O)N/N=C/c2ccc(C#N)cc2)S(=O)(=O)c2ccccc2)cc1Cl. The van der Waals surface area contributed by atoms with E-state index in [1.165, 1.54) is 24.4 Å². The van der Waals surface area contributed by atoms with Gasteiger partial charge in [-0.3, -0.25) is 9.10 Å². The molecule has 0 aliphatic carbocycles. The molecule has 0 fully saturated rings. The molecule has 0 spiro atoms. The van der Waals surface area contributed by atoms with Crippen molar-refractivity contribution in [3.8, 4) is 6.07 Å².